The van der Waals surface area contributed by atoms with Crippen molar-refractivity contribution in [2.45, 2.75) is 24.9 Å². The fraction of sp³-hybridized carbons (Fsp3) is 0.500. The first kappa shape index (κ1) is 21.9. The fourth-order valence-electron chi connectivity index (χ4n) is 2.50. The number of hydrogen-bond acceptors (Lipinski definition) is 3. The maximum atomic E-state index is 13.2. The van der Waals surface area contributed by atoms with E-state index >= 15 is 0 Å². The van der Waals surface area contributed by atoms with Gasteiger partial charge in [-0.15, -0.1) is 30.6 Å². The first-order valence-corrected chi connectivity index (χ1v) is 8.29. The third-order valence-electron chi connectivity index (χ3n) is 3.96. The van der Waals surface area contributed by atoms with E-state index in [9.17, 15) is 9.50 Å². The lowest BCUT2D eigenvalue weighted by atomic mass is 9.95. The molecule has 0 aromatic heterocycles. The second-order valence-electron chi connectivity index (χ2n) is 5.98. The minimum absolute atomic E-state index is 0. The van der Waals surface area contributed by atoms with Crippen molar-refractivity contribution in [3.8, 4) is 0 Å². The van der Waals surface area contributed by atoms with Crippen molar-refractivity contribution in [3.63, 3.8) is 0 Å². The Labute approximate surface area is 165 Å². The molecule has 1 aliphatic rings. The Bertz CT molecular complexity index is 563. The molecule has 0 spiro atoms. The van der Waals surface area contributed by atoms with Gasteiger partial charge in [0.15, 0.2) is 5.96 Å². The van der Waals surface area contributed by atoms with E-state index in [2.05, 4.69) is 22.2 Å². The molecule has 0 atom stereocenters. The average Bonchev–Trinajstić information content (AvgIpc) is 2.57. The summed E-state index contributed by atoms with van der Waals surface area (Å²) in [6, 6.07) is 6.56. The van der Waals surface area contributed by atoms with Crippen LogP contribution in [0.15, 0.2) is 41.9 Å². The average molecular weight is 463 g/mol. The van der Waals surface area contributed by atoms with Crippen molar-refractivity contribution in [1.82, 2.24) is 10.6 Å². The summed E-state index contributed by atoms with van der Waals surface area (Å²) in [6.45, 7) is 6.33. The first-order chi connectivity index (χ1) is 11.6. The molecule has 1 saturated heterocycles. The van der Waals surface area contributed by atoms with Gasteiger partial charge in [0.05, 0.1) is 12.1 Å². The molecule has 1 aliphatic heterocycles. The molecular weight excluding hydrogens is 436 g/mol. The fourth-order valence-corrected chi connectivity index (χ4v) is 2.50. The number of benzene rings is 1. The van der Waals surface area contributed by atoms with Crippen LogP contribution < -0.4 is 10.6 Å². The highest BCUT2D eigenvalue weighted by atomic mass is 127. The van der Waals surface area contributed by atoms with Crippen LogP contribution in [0.2, 0.25) is 0 Å². The summed E-state index contributed by atoms with van der Waals surface area (Å²) < 4.78 is 18.5. The summed E-state index contributed by atoms with van der Waals surface area (Å²) in [5.74, 6) is 0.388. The molecule has 0 amide bonds. The molecule has 0 bridgehead atoms. The SMILES string of the molecule is C=CCNC(=NCC1(O)CCOCC1)NCCc1cccc(F)c1.I. The smallest absolute Gasteiger partial charge is 0.191 e. The molecule has 2 rings (SSSR count). The number of aliphatic hydroxyl groups is 1. The van der Waals surface area contributed by atoms with Crippen LogP contribution in [0.4, 0.5) is 4.39 Å². The summed E-state index contributed by atoms with van der Waals surface area (Å²) in [7, 11) is 0. The molecule has 0 aliphatic carbocycles. The zero-order chi connectivity index (χ0) is 17.3. The van der Waals surface area contributed by atoms with Crippen LogP contribution >= 0.6 is 24.0 Å². The number of hydrogen-bond donors (Lipinski definition) is 3. The van der Waals surface area contributed by atoms with E-state index in [-0.39, 0.29) is 29.8 Å². The molecule has 3 N–H and O–H groups in total. The molecule has 140 valence electrons. The number of ether oxygens (including phenoxy) is 1. The Hall–Kier alpha value is -1.19. The molecule has 25 heavy (non-hydrogen) atoms. The zero-order valence-corrected chi connectivity index (χ0v) is 16.7. The summed E-state index contributed by atoms with van der Waals surface area (Å²) in [4.78, 5) is 4.47. The van der Waals surface area contributed by atoms with Crippen molar-refractivity contribution < 1.29 is 14.2 Å². The molecular formula is C18H27FIN3O2. The molecule has 1 aromatic rings. The number of aliphatic imine (C=N–C) groups is 1. The monoisotopic (exact) mass is 463 g/mol. The number of rotatable bonds is 7. The van der Waals surface area contributed by atoms with Crippen LogP contribution in [-0.2, 0) is 11.2 Å². The molecule has 1 fully saturated rings. The topological polar surface area (TPSA) is 65.9 Å². The molecule has 0 saturated carbocycles. The van der Waals surface area contributed by atoms with Crippen LogP contribution in [0, 0.1) is 5.82 Å². The van der Waals surface area contributed by atoms with E-state index in [0.29, 0.717) is 58.1 Å². The summed E-state index contributed by atoms with van der Waals surface area (Å²) in [5, 5.41) is 16.8. The van der Waals surface area contributed by atoms with Gasteiger partial charge in [-0.05, 0) is 24.1 Å². The zero-order valence-electron chi connectivity index (χ0n) is 14.3. The summed E-state index contributed by atoms with van der Waals surface area (Å²) >= 11 is 0. The van der Waals surface area contributed by atoms with Crippen LogP contribution in [0.5, 0.6) is 0 Å². The predicted molar refractivity (Wildman–Crippen MR) is 109 cm³/mol. The molecule has 5 nitrogen and oxygen atoms in total. The lowest BCUT2D eigenvalue weighted by molar-refractivity contribution is -0.0565. The van der Waals surface area contributed by atoms with Gasteiger partial charge in [0.2, 0.25) is 0 Å². The number of nitrogens with zero attached hydrogens (tertiary/aromatic N) is 1. The molecule has 1 aromatic carbocycles. The Morgan fingerprint density at radius 2 is 2.12 bits per heavy atom. The molecule has 0 radical (unpaired) electrons. The molecule has 7 heteroatoms. The van der Waals surface area contributed by atoms with Crippen LogP contribution in [-0.4, -0.2) is 49.5 Å². The van der Waals surface area contributed by atoms with Crippen molar-refractivity contribution >= 4 is 29.9 Å². The summed E-state index contributed by atoms with van der Waals surface area (Å²) in [5.41, 5.74) is 0.123. The highest BCUT2D eigenvalue weighted by Gasteiger charge is 2.29. The minimum atomic E-state index is -0.802. The van der Waals surface area contributed by atoms with Crippen molar-refractivity contribution in [2.24, 2.45) is 4.99 Å². The Morgan fingerprint density at radius 1 is 1.36 bits per heavy atom. The first-order valence-electron chi connectivity index (χ1n) is 8.29. The lowest BCUT2D eigenvalue weighted by Crippen LogP contribution is -2.43. The second-order valence-corrected chi connectivity index (χ2v) is 5.98. The maximum absolute atomic E-state index is 13.2. The van der Waals surface area contributed by atoms with E-state index in [1.54, 1.807) is 12.1 Å². The number of guanidine groups is 1. The quantitative estimate of drug-likeness (QED) is 0.251. The van der Waals surface area contributed by atoms with E-state index in [1.165, 1.54) is 12.1 Å². The lowest BCUT2D eigenvalue weighted by Gasteiger charge is -2.30. The van der Waals surface area contributed by atoms with Crippen LogP contribution in [0.25, 0.3) is 0 Å². The van der Waals surface area contributed by atoms with Gasteiger partial charge in [-0.1, -0.05) is 18.2 Å². The van der Waals surface area contributed by atoms with Crippen LogP contribution in [0.1, 0.15) is 18.4 Å². The van der Waals surface area contributed by atoms with Crippen molar-refractivity contribution in [2.75, 3.05) is 32.8 Å². The standard InChI is InChI=1S/C18H26FN3O2.HI/c1-2-9-20-17(22-14-18(23)7-11-24-12-8-18)21-10-6-15-4-3-5-16(19)13-15;/h2-5,13,23H,1,6-12,14H2,(H2,20,21,22);1H. The third-order valence-corrected chi connectivity index (χ3v) is 3.96. The molecule has 1 heterocycles. The normalized spacial score (nSPS) is 16.6. The van der Waals surface area contributed by atoms with Gasteiger partial charge in [0.25, 0.3) is 0 Å². The minimum Gasteiger partial charge on any atom is -0.388 e. The van der Waals surface area contributed by atoms with Crippen molar-refractivity contribution in [1.29, 1.82) is 0 Å². The molecule has 0 unspecified atom stereocenters. The van der Waals surface area contributed by atoms with Gasteiger partial charge in [0, 0.05) is 39.1 Å². The third kappa shape index (κ3) is 8.15. The Kier molecular flexibility index (Phi) is 9.99. The highest BCUT2D eigenvalue weighted by Crippen LogP contribution is 2.20. The van der Waals surface area contributed by atoms with Gasteiger partial charge in [-0.3, -0.25) is 4.99 Å². The van der Waals surface area contributed by atoms with E-state index in [1.807, 2.05) is 6.07 Å². The second kappa shape index (κ2) is 11.4. The van der Waals surface area contributed by atoms with E-state index < -0.39 is 5.60 Å². The number of halogens is 2. The Morgan fingerprint density at radius 3 is 2.80 bits per heavy atom. The largest absolute Gasteiger partial charge is 0.388 e. The number of nitrogens with one attached hydrogen (secondary N) is 2. The van der Waals surface area contributed by atoms with Crippen molar-refractivity contribution in [3.05, 3.63) is 48.3 Å². The van der Waals surface area contributed by atoms with E-state index in [0.717, 1.165) is 5.56 Å². The van der Waals surface area contributed by atoms with Gasteiger partial charge < -0.3 is 20.5 Å². The highest BCUT2D eigenvalue weighted by molar-refractivity contribution is 14.0. The van der Waals surface area contributed by atoms with Crippen LogP contribution in [0.3, 0.4) is 0 Å². The summed E-state index contributed by atoms with van der Waals surface area (Å²) in [6.07, 6.45) is 3.61. The maximum Gasteiger partial charge on any atom is 0.191 e. The predicted octanol–water partition coefficient (Wildman–Crippen LogP) is 2.25. The van der Waals surface area contributed by atoms with Gasteiger partial charge in [0.1, 0.15) is 5.82 Å². The van der Waals surface area contributed by atoms with Gasteiger partial charge >= 0.3 is 0 Å². The Balaban J connectivity index is 0.00000312. The van der Waals surface area contributed by atoms with E-state index in [4.69, 9.17) is 4.74 Å². The van der Waals surface area contributed by atoms with Gasteiger partial charge in [-0.25, -0.2) is 4.39 Å². The van der Waals surface area contributed by atoms with Gasteiger partial charge in [-0.2, -0.15) is 0 Å².